The van der Waals surface area contributed by atoms with Gasteiger partial charge < -0.3 is 20.3 Å². The number of carbonyl (C=O) groups is 3. The summed E-state index contributed by atoms with van der Waals surface area (Å²) in [6, 6.07) is 14.8. The maximum Gasteiger partial charge on any atom is 0.247 e. The van der Waals surface area contributed by atoms with Crippen LogP contribution in [0.3, 0.4) is 0 Å². The van der Waals surface area contributed by atoms with E-state index in [9.17, 15) is 14.4 Å². The fraction of sp³-hybridized carbons (Fsp3) is 0.318. The summed E-state index contributed by atoms with van der Waals surface area (Å²) in [5.74, 6) is 0.0545. The number of hydrogen-bond acceptors (Lipinski definition) is 4. The molecule has 0 bridgehead atoms. The van der Waals surface area contributed by atoms with Crippen molar-refractivity contribution in [1.82, 2.24) is 10.2 Å². The van der Waals surface area contributed by atoms with Gasteiger partial charge in [-0.25, -0.2) is 0 Å². The van der Waals surface area contributed by atoms with Gasteiger partial charge in [-0.2, -0.15) is 0 Å². The van der Waals surface area contributed by atoms with E-state index in [1.165, 1.54) is 11.8 Å². The first-order valence-electron chi connectivity index (χ1n) is 9.57. The Balaban J connectivity index is 1.64. The molecule has 0 spiro atoms. The fourth-order valence-corrected chi connectivity index (χ4v) is 3.41. The minimum absolute atomic E-state index is 0.0889. The Morgan fingerprint density at radius 1 is 1.10 bits per heavy atom. The lowest BCUT2D eigenvalue weighted by atomic mass is 10.1. The van der Waals surface area contributed by atoms with Crippen LogP contribution < -0.4 is 15.4 Å². The number of likely N-dealkylation sites (tertiary alicyclic amines) is 1. The van der Waals surface area contributed by atoms with Crippen LogP contribution in [0.1, 0.15) is 19.8 Å². The zero-order valence-electron chi connectivity index (χ0n) is 16.6. The summed E-state index contributed by atoms with van der Waals surface area (Å²) in [5, 5.41) is 5.38. The number of nitrogens with zero attached hydrogens (tertiary/aromatic N) is 1. The summed E-state index contributed by atoms with van der Waals surface area (Å²) in [4.78, 5) is 37.5. The number of ether oxygens (including phenoxy) is 1. The minimum Gasteiger partial charge on any atom is -0.497 e. The Labute approximate surface area is 170 Å². The third-order valence-electron chi connectivity index (χ3n) is 4.92. The Morgan fingerprint density at radius 3 is 2.55 bits per heavy atom. The summed E-state index contributed by atoms with van der Waals surface area (Å²) in [5.41, 5.74) is 2.70. The van der Waals surface area contributed by atoms with Gasteiger partial charge in [0, 0.05) is 19.2 Å². The number of nitrogens with one attached hydrogen (secondary N) is 2. The van der Waals surface area contributed by atoms with E-state index in [4.69, 9.17) is 4.74 Å². The van der Waals surface area contributed by atoms with E-state index in [0.29, 0.717) is 18.7 Å². The molecule has 0 radical (unpaired) electrons. The predicted octanol–water partition coefficient (Wildman–Crippen LogP) is 2.43. The fourth-order valence-electron chi connectivity index (χ4n) is 3.41. The molecule has 3 amide bonds. The van der Waals surface area contributed by atoms with Crippen molar-refractivity contribution < 1.29 is 19.1 Å². The van der Waals surface area contributed by atoms with Gasteiger partial charge in [-0.05, 0) is 48.2 Å². The molecule has 29 heavy (non-hydrogen) atoms. The van der Waals surface area contributed by atoms with Crippen molar-refractivity contribution in [3.8, 4) is 16.9 Å². The van der Waals surface area contributed by atoms with Crippen molar-refractivity contribution in [3.05, 3.63) is 48.5 Å². The number of methoxy groups -OCH3 is 1. The first-order valence-corrected chi connectivity index (χ1v) is 9.57. The molecule has 1 saturated heterocycles. The zero-order valence-corrected chi connectivity index (χ0v) is 16.6. The summed E-state index contributed by atoms with van der Waals surface area (Å²) < 4.78 is 5.26. The van der Waals surface area contributed by atoms with Crippen LogP contribution in [0.25, 0.3) is 11.1 Å². The third-order valence-corrected chi connectivity index (χ3v) is 4.92. The number of hydrogen-bond donors (Lipinski definition) is 2. The topological polar surface area (TPSA) is 87.7 Å². The Morgan fingerprint density at radius 2 is 1.86 bits per heavy atom. The van der Waals surface area contributed by atoms with Crippen molar-refractivity contribution in [1.29, 1.82) is 0 Å². The molecule has 1 atom stereocenters. The molecule has 2 N–H and O–H groups in total. The van der Waals surface area contributed by atoms with Crippen molar-refractivity contribution in [2.45, 2.75) is 25.8 Å². The monoisotopic (exact) mass is 395 g/mol. The number of carbonyl (C=O) groups excluding carboxylic acids is 3. The van der Waals surface area contributed by atoms with Gasteiger partial charge >= 0.3 is 0 Å². The standard InChI is InChI=1S/C22H25N3O4/c1-15(26)23-14-21(27)25-12-4-7-20(25)22(28)24-18-10-8-16(9-11-18)17-5-3-6-19(13-17)29-2/h3,5-6,8-11,13,20H,4,7,12,14H2,1-2H3,(H,23,26)(H,24,28)/t20-/m1/s1. The molecule has 152 valence electrons. The number of benzene rings is 2. The zero-order chi connectivity index (χ0) is 20.8. The van der Waals surface area contributed by atoms with Gasteiger partial charge in [0.15, 0.2) is 0 Å². The second kappa shape index (κ2) is 9.23. The molecule has 0 unspecified atom stereocenters. The van der Waals surface area contributed by atoms with Crippen molar-refractivity contribution in [2.24, 2.45) is 0 Å². The average Bonchev–Trinajstić information content (AvgIpc) is 3.23. The summed E-state index contributed by atoms with van der Waals surface area (Å²) in [6.07, 6.45) is 1.37. The predicted molar refractivity (Wildman–Crippen MR) is 110 cm³/mol. The maximum atomic E-state index is 12.7. The Bertz CT molecular complexity index is 895. The molecule has 2 aromatic rings. The first kappa shape index (κ1) is 20.4. The largest absolute Gasteiger partial charge is 0.497 e. The van der Waals surface area contributed by atoms with Crippen molar-refractivity contribution >= 4 is 23.4 Å². The molecular formula is C22H25N3O4. The molecule has 7 heteroatoms. The smallest absolute Gasteiger partial charge is 0.247 e. The van der Waals surface area contributed by atoms with Crippen LogP contribution in [0.4, 0.5) is 5.69 Å². The molecule has 1 fully saturated rings. The number of amides is 3. The minimum atomic E-state index is -0.519. The van der Waals surface area contributed by atoms with Crippen molar-refractivity contribution in [2.75, 3.05) is 25.5 Å². The highest BCUT2D eigenvalue weighted by molar-refractivity contribution is 5.98. The van der Waals surface area contributed by atoms with Gasteiger partial charge in [0.2, 0.25) is 17.7 Å². The highest BCUT2D eigenvalue weighted by Gasteiger charge is 2.33. The molecule has 2 aromatic carbocycles. The quantitative estimate of drug-likeness (QED) is 0.786. The summed E-state index contributed by atoms with van der Waals surface area (Å²) in [6.45, 7) is 1.79. The van der Waals surface area contributed by atoms with E-state index in [1.54, 1.807) is 7.11 Å². The normalized spacial score (nSPS) is 15.7. The van der Waals surface area contributed by atoms with Gasteiger partial charge in [-0.1, -0.05) is 24.3 Å². The lowest BCUT2D eigenvalue weighted by Gasteiger charge is -2.24. The van der Waals surface area contributed by atoms with E-state index in [-0.39, 0.29) is 24.3 Å². The number of rotatable bonds is 6. The Hall–Kier alpha value is -3.35. The molecule has 0 aliphatic carbocycles. The van der Waals surface area contributed by atoms with E-state index in [0.717, 1.165) is 23.3 Å². The molecule has 1 aliphatic rings. The van der Waals surface area contributed by atoms with E-state index >= 15 is 0 Å². The highest BCUT2D eigenvalue weighted by atomic mass is 16.5. The Kier molecular flexibility index (Phi) is 6.49. The van der Waals surface area contributed by atoms with Gasteiger partial charge in [-0.15, -0.1) is 0 Å². The van der Waals surface area contributed by atoms with E-state index < -0.39 is 6.04 Å². The lowest BCUT2D eigenvalue weighted by molar-refractivity contribution is -0.136. The molecule has 1 aliphatic heterocycles. The van der Waals surface area contributed by atoms with Crippen LogP contribution >= 0.6 is 0 Å². The molecule has 0 saturated carbocycles. The molecule has 1 heterocycles. The molecule has 3 rings (SSSR count). The second-order valence-corrected chi connectivity index (χ2v) is 6.95. The lowest BCUT2D eigenvalue weighted by Crippen LogP contribution is -2.46. The molecular weight excluding hydrogens is 370 g/mol. The van der Waals surface area contributed by atoms with E-state index in [2.05, 4.69) is 10.6 Å². The van der Waals surface area contributed by atoms with Crippen LogP contribution in [-0.4, -0.2) is 48.9 Å². The van der Waals surface area contributed by atoms with Crippen LogP contribution in [0.5, 0.6) is 5.75 Å². The van der Waals surface area contributed by atoms with Gasteiger partial charge in [-0.3, -0.25) is 14.4 Å². The first-order chi connectivity index (χ1) is 14.0. The van der Waals surface area contributed by atoms with Gasteiger partial charge in [0.1, 0.15) is 11.8 Å². The summed E-state index contributed by atoms with van der Waals surface area (Å²) >= 11 is 0. The van der Waals surface area contributed by atoms with Crippen molar-refractivity contribution in [3.63, 3.8) is 0 Å². The molecule has 0 aromatic heterocycles. The summed E-state index contributed by atoms with van der Waals surface area (Å²) in [7, 11) is 1.63. The van der Waals surface area contributed by atoms with Crippen LogP contribution in [0.2, 0.25) is 0 Å². The average molecular weight is 395 g/mol. The van der Waals surface area contributed by atoms with Gasteiger partial charge in [0.25, 0.3) is 0 Å². The SMILES string of the molecule is COc1cccc(-c2ccc(NC(=O)[C@H]3CCCN3C(=O)CNC(C)=O)cc2)c1. The van der Waals surface area contributed by atoms with Gasteiger partial charge in [0.05, 0.1) is 13.7 Å². The van der Waals surface area contributed by atoms with E-state index in [1.807, 2.05) is 48.5 Å². The molecule has 7 nitrogen and oxygen atoms in total. The highest BCUT2D eigenvalue weighted by Crippen LogP contribution is 2.25. The third kappa shape index (κ3) is 5.13. The second-order valence-electron chi connectivity index (χ2n) is 6.95. The van der Waals surface area contributed by atoms with Crippen LogP contribution in [0.15, 0.2) is 48.5 Å². The number of anilines is 1. The maximum absolute atomic E-state index is 12.7. The van der Waals surface area contributed by atoms with Crippen LogP contribution in [0, 0.1) is 0 Å². The van der Waals surface area contributed by atoms with Crippen LogP contribution in [-0.2, 0) is 14.4 Å².